The summed E-state index contributed by atoms with van der Waals surface area (Å²) in [6, 6.07) is 3.61. The number of amides is 1. The van der Waals surface area contributed by atoms with E-state index in [9.17, 15) is 4.79 Å². The zero-order valence-corrected chi connectivity index (χ0v) is 10.9. The molecule has 1 amide bonds. The third-order valence-electron chi connectivity index (χ3n) is 1.38. The maximum Gasteiger partial charge on any atom is 0.238 e. The number of hydrogen-bond donors (Lipinski definition) is 2. The van der Waals surface area contributed by atoms with Crippen LogP contribution in [0, 0.1) is 6.92 Å². The summed E-state index contributed by atoms with van der Waals surface area (Å²) < 4.78 is 0. The van der Waals surface area contributed by atoms with Gasteiger partial charge in [0.15, 0.2) is 0 Å². The van der Waals surface area contributed by atoms with Gasteiger partial charge in [-0.1, -0.05) is 27.7 Å². The van der Waals surface area contributed by atoms with E-state index < -0.39 is 0 Å². The van der Waals surface area contributed by atoms with E-state index in [0.717, 1.165) is 5.69 Å². The quantitative estimate of drug-likeness (QED) is 0.816. The third-order valence-corrected chi connectivity index (χ3v) is 1.38. The van der Waals surface area contributed by atoms with E-state index in [1.54, 1.807) is 12.3 Å². The Balaban J connectivity index is -0.000000355. The molecule has 1 rings (SSSR count). The molecule has 0 spiro atoms. The van der Waals surface area contributed by atoms with Crippen molar-refractivity contribution in [1.82, 2.24) is 4.98 Å². The van der Waals surface area contributed by atoms with Gasteiger partial charge in [0.1, 0.15) is 0 Å². The Labute approximate surface area is 99.8 Å². The van der Waals surface area contributed by atoms with Crippen LogP contribution >= 0.6 is 0 Å². The van der Waals surface area contributed by atoms with E-state index in [1.807, 2.05) is 40.7 Å². The molecule has 16 heavy (non-hydrogen) atoms. The summed E-state index contributed by atoms with van der Waals surface area (Å²) in [5.74, 6) is -0.208. The number of anilines is 1. The lowest BCUT2D eigenvalue weighted by Gasteiger charge is -2.01. The van der Waals surface area contributed by atoms with Crippen LogP contribution in [0.25, 0.3) is 0 Å². The second kappa shape index (κ2) is 11.7. The number of hydrogen-bond acceptors (Lipinski definition) is 3. The fraction of sp³-hybridized carbons (Fsp3) is 0.500. The number of carbonyl (C=O) groups excluding carboxylic acids is 1. The second-order valence-electron chi connectivity index (χ2n) is 2.44. The Bertz CT molecular complexity index is 276. The molecule has 1 aromatic heterocycles. The van der Waals surface area contributed by atoms with E-state index in [4.69, 9.17) is 5.73 Å². The number of aromatic nitrogens is 1. The molecule has 1 aromatic rings. The van der Waals surface area contributed by atoms with Gasteiger partial charge in [-0.15, -0.1) is 0 Å². The summed E-state index contributed by atoms with van der Waals surface area (Å²) in [4.78, 5) is 14.8. The van der Waals surface area contributed by atoms with Gasteiger partial charge in [0.25, 0.3) is 0 Å². The topological polar surface area (TPSA) is 68.0 Å². The number of carbonyl (C=O) groups is 1. The number of pyridine rings is 1. The average Bonchev–Trinajstić information content (AvgIpc) is 2.37. The fourth-order valence-electron chi connectivity index (χ4n) is 0.754. The minimum atomic E-state index is -0.208. The predicted molar refractivity (Wildman–Crippen MR) is 71.5 cm³/mol. The highest BCUT2D eigenvalue weighted by molar-refractivity contribution is 5.91. The first-order valence-electron chi connectivity index (χ1n) is 5.65. The Morgan fingerprint density at radius 3 is 2.31 bits per heavy atom. The van der Waals surface area contributed by atoms with Crippen LogP contribution in [0.3, 0.4) is 0 Å². The van der Waals surface area contributed by atoms with E-state index in [2.05, 4.69) is 10.3 Å². The Hall–Kier alpha value is -1.42. The highest BCUT2D eigenvalue weighted by Crippen LogP contribution is 2.04. The Morgan fingerprint density at radius 2 is 1.94 bits per heavy atom. The van der Waals surface area contributed by atoms with Crippen LogP contribution in [0.1, 0.15) is 34.8 Å². The first kappa shape index (κ1) is 17.0. The molecule has 0 aliphatic heterocycles. The summed E-state index contributed by atoms with van der Waals surface area (Å²) in [5, 5.41) is 2.59. The van der Waals surface area contributed by atoms with Crippen LogP contribution in [0.5, 0.6) is 0 Å². The van der Waals surface area contributed by atoms with Crippen molar-refractivity contribution in [3.8, 4) is 0 Å². The Morgan fingerprint density at radius 1 is 1.38 bits per heavy atom. The van der Waals surface area contributed by atoms with Crippen LogP contribution in [0.2, 0.25) is 0 Å². The number of rotatable bonds is 2. The minimum absolute atomic E-state index is 0. The predicted octanol–water partition coefficient (Wildman–Crippen LogP) is 2.59. The molecule has 0 atom stereocenters. The van der Waals surface area contributed by atoms with Gasteiger partial charge in [0, 0.05) is 7.12 Å². The maximum absolute atomic E-state index is 10.8. The zero-order chi connectivity index (χ0) is 13.0. The SMILES string of the molecule is CC.CC.Cc1ccc(NC(=O)CN)cn1.[HH]. The van der Waals surface area contributed by atoms with Gasteiger partial charge in [-0.05, 0) is 19.1 Å². The van der Waals surface area contributed by atoms with Crippen LogP contribution < -0.4 is 11.1 Å². The molecule has 0 radical (unpaired) electrons. The van der Waals surface area contributed by atoms with Crippen molar-refractivity contribution in [3.05, 3.63) is 24.0 Å². The molecule has 0 aliphatic carbocycles. The number of aryl methyl sites for hydroxylation is 1. The molecule has 4 nitrogen and oxygen atoms in total. The van der Waals surface area contributed by atoms with E-state index in [1.165, 1.54) is 0 Å². The molecule has 0 saturated heterocycles. The van der Waals surface area contributed by atoms with Crippen LogP contribution in [0.4, 0.5) is 5.69 Å². The van der Waals surface area contributed by atoms with Crippen molar-refractivity contribution in [2.24, 2.45) is 5.73 Å². The van der Waals surface area contributed by atoms with Gasteiger partial charge < -0.3 is 11.1 Å². The molecule has 0 unspecified atom stereocenters. The van der Waals surface area contributed by atoms with Gasteiger partial charge in [-0.2, -0.15) is 0 Å². The molecule has 0 aliphatic rings. The summed E-state index contributed by atoms with van der Waals surface area (Å²) in [7, 11) is 0. The van der Waals surface area contributed by atoms with Crippen molar-refractivity contribution in [1.29, 1.82) is 0 Å². The third kappa shape index (κ3) is 7.94. The van der Waals surface area contributed by atoms with Gasteiger partial charge >= 0.3 is 0 Å². The van der Waals surface area contributed by atoms with Gasteiger partial charge in [-0.3, -0.25) is 9.78 Å². The fourth-order valence-corrected chi connectivity index (χ4v) is 0.754. The summed E-state index contributed by atoms with van der Waals surface area (Å²) >= 11 is 0. The van der Waals surface area contributed by atoms with Gasteiger partial charge in [-0.25, -0.2) is 0 Å². The van der Waals surface area contributed by atoms with Gasteiger partial charge in [0.2, 0.25) is 5.91 Å². The zero-order valence-electron chi connectivity index (χ0n) is 10.9. The summed E-state index contributed by atoms with van der Waals surface area (Å²) in [6.07, 6.45) is 1.60. The molecule has 94 valence electrons. The van der Waals surface area contributed by atoms with Crippen molar-refractivity contribution in [3.63, 3.8) is 0 Å². The lowest BCUT2D eigenvalue weighted by molar-refractivity contribution is -0.114. The second-order valence-corrected chi connectivity index (χ2v) is 2.44. The molecule has 0 bridgehead atoms. The first-order valence-corrected chi connectivity index (χ1v) is 5.65. The lowest BCUT2D eigenvalue weighted by atomic mass is 10.3. The molecular formula is C12H25N3O. The first-order chi connectivity index (χ1) is 7.72. The van der Waals surface area contributed by atoms with Crippen molar-refractivity contribution >= 4 is 11.6 Å². The Kier molecular flexibility index (Phi) is 12.4. The normalized spacial score (nSPS) is 7.88. The van der Waals surface area contributed by atoms with E-state index in [-0.39, 0.29) is 13.9 Å². The smallest absolute Gasteiger partial charge is 0.238 e. The van der Waals surface area contributed by atoms with E-state index in [0.29, 0.717) is 5.69 Å². The molecular weight excluding hydrogens is 202 g/mol. The number of nitrogens with two attached hydrogens (primary N) is 1. The number of nitrogens with zero attached hydrogens (tertiary/aromatic N) is 1. The minimum Gasteiger partial charge on any atom is -0.324 e. The largest absolute Gasteiger partial charge is 0.324 e. The molecule has 1 heterocycles. The monoisotopic (exact) mass is 227 g/mol. The van der Waals surface area contributed by atoms with Crippen LogP contribution in [0.15, 0.2) is 18.3 Å². The van der Waals surface area contributed by atoms with Crippen molar-refractivity contribution in [2.75, 3.05) is 11.9 Å². The maximum atomic E-state index is 10.8. The molecule has 0 fully saturated rings. The standard InChI is InChI=1S/C8H11N3O.2C2H6.H2/c1-6-2-3-7(5-10-6)11-8(12)4-9;2*1-2;/h2-3,5H,4,9H2,1H3,(H,11,12);2*1-2H3;1H. The van der Waals surface area contributed by atoms with E-state index >= 15 is 0 Å². The van der Waals surface area contributed by atoms with Crippen molar-refractivity contribution in [2.45, 2.75) is 34.6 Å². The van der Waals surface area contributed by atoms with Crippen LogP contribution in [-0.2, 0) is 4.79 Å². The summed E-state index contributed by atoms with van der Waals surface area (Å²) in [5.41, 5.74) is 6.71. The molecule has 3 N–H and O–H groups in total. The van der Waals surface area contributed by atoms with Crippen LogP contribution in [-0.4, -0.2) is 17.4 Å². The molecule has 0 saturated carbocycles. The molecule has 4 heteroatoms. The number of nitrogens with one attached hydrogen (secondary N) is 1. The average molecular weight is 227 g/mol. The lowest BCUT2D eigenvalue weighted by Crippen LogP contribution is -2.21. The highest BCUT2D eigenvalue weighted by atomic mass is 16.1. The highest BCUT2D eigenvalue weighted by Gasteiger charge is 1.97. The molecule has 0 aromatic carbocycles. The van der Waals surface area contributed by atoms with Gasteiger partial charge in [0.05, 0.1) is 18.4 Å². The summed E-state index contributed by atoms with van der Waals surface area (Å²) in [6.45, 7) is 9.88. The van der Waals surface area contributed by atoms with Crippen molar-refractivity contribution < 1.29 is 6.22 Å².